The van der Waals surface area contributed by atoms with E-state index in [4.69, 9.17) is 9.84 Å². The van der Waals surface area contributed by atoms with Crippen molar-refractivity contribution in [1.29, 1.82) is 0 Å². The SMILES string of the molecule is COc1ccc([C@H](O)C(F)(F)F)cc1. The number of hydrogen-bond acceptors (Lipinski definition) is 2. The summed E-state index contributed by atoms with van der Waals surface area (Å²) in [6.45, 7) is 0. The fraction of sp³-hybridized carbons (Fsp3) is 0.333. The second-order valence-corrected chi connectivity index (χ2v) is 2.72. The van der Waals surface area contributed by atoms with Gasteiger partial charge in [-0.2, -0.15) is 13.2 Å². The standard InChI is InChI=1S/C9H9F3O2/c1-14-7-4-2-6(3-5-7)8(13)9(10,11)12/h2-5,8,13H,1H3/t8-/m0/s1. The zero-order valence-corrected chi connectivity index (χ0v) is 7.38. The molecule has 1 atom stereocenters. The highest BCUT2D eigenvalue weighted by molar-refractivity contribution is 5.28. The van der Waals surface area contributed by atoms with Crippen LogP contribution in [0.5, 0.6) is 5.75 Å². The zero-order chi connectivity index (χ0) is 10.8. The van der Waals surface area contributed by atoms with Gasteiger partial charge in [-0.05, 0) is 17.7 Å². The summed E-state index contributed by atoms with van der Waals surface area (Å²) in [5, 5.41) is 8.85. The van der Waals surface area contributed by atoms with Crippen LogP contribution in [0.1, 0.15) is 11.7 Å². The molecule has 0 amide bonds. The van der Waals surface area contributed by atoms with Crippen LogP contribution in [-0.4, -0.2) is 18.4 Å². The van der Waals surface area contributed by atoms with Gasteiger partial charge in [-0.1, -0.05) is 12.1 Å². The van der Waals surface area contributed by atoms with Gasteiger partial charge in [0.25, 0.3) is 0 Å². The predicted molar refractivity (Wildman–Crippen MR) is 44.0 cm³/mol. The summed E-state index contributed by atoms with van der Waals surface area (Å²) < 4.78 is 40.9. The van der Waals surface area contributed by atoms with Crippen molar-refractivity contribution in [1.82, 2.24) is 0 Å². The predicted octanol–water partition coefficient (Wildman–Crippen LogP) is 2.29. The molecule has 0 aromatic heterocycles. The first-order valence-corrected chi connectivity index (χ1v) is 3.84. The average Bonchev–Trinajstić information content (AvgIpc) is 2.15. The monoisotopic (exact) mass is 206 g/mol. The van der Waals surface area contributed by atoms with Gasteiger partial charge >= 0.3 is 6.18 Å². The molecule has 0 bridgehead atoms. The van der Waals surface area contributed by atoms with Gasteiger partial charge in [-0.25, -0.2) is 0 Å². The summed E-state index contributed by atoms with van der Waals surface area (Å²) in [7, 11) is 1.41. The summed E-state index contributed by atoms with van der Waals surface area (Å²) in [6.07, 6.45) is -7.07. The molecule has 0 heterocycles. The minimum atomic E-state index is -4.63. The molecular weight excluding hydrogens is 197 g/mol. The third kappa shape index (κ3) is 2.38. The Bertz CT molecular complexity index is 292. The molecule has 0 radical (unpaired) electrons. The van der Waals surface area contributed by atoms with E-state index in [9.17, 15) is 13.2 Å². The number of alkyl halides is 3. The third-order valence-corrected chi connectivity index (χ3v) is 1.74. The van der Waals surface area contributed by atoms with Gasteiger partial charge in [0.2, 0.25) is 0 Å². The zero-order valence-electron chi connectivity index (χ0n) is 7.38. The molecular formula is C9H9F3O2. The highest BCUT2D eigenvalue weighted by atomic mass is 19.4. The first-order chi connectivity index (χ1) is 6.45. The molecule has 0 spiro atoms. The number of methoxy groups -OCH3 is 1. The number of aliphatic hydroxyl groups is 1. The number of rotatable bonds is 2. The molecule has 0 saturated carbocycles. The fourth-order valence-corrected chi connectivity index (χ4v) is 0.975. The quantitative estimate of drug-likeness (QED) is 0.804. The molecule has 0 aliphatic heterocycles. The highest BCUT2D eigenvalue weighted by Crippen LogP contribution is 2.32. The molecule has 1 aromatic carbocycles. The fourth-order valence-electron chi connectivity index (χ4n) is 0.975. The molecule has 0 unspecified atom stereocenters. The number of ether oxygens (including phenoxy) is 1. The van der Waals surface area contributed by atoms with Crippen molar-refractivity contribution < 1.29 is 23.0 Å². The molecule has 2 nitrogen and oxygen atoms in total. The van der Waals surface area contributed by atoms with Gasteiger partial charge in [0, 0.05) is 0 Å². The Morgan fingerprint density at radius 3 is 2.07 bits per heavy atom. The number of aliphatic hydroxyl groups excluding tert-OH is 1. The lowest BCUT2D eigenvalue weighted by molar-refractivity contribution is -0.206. The van der Waals surface area contributed by atoms with Crippen molar-refractivity contribution in [3.05, 3.63) is 29.8 Å². The Morgan fingerprint density at radius 2 is 1.71 bits per heavy atom. The summed E-state index contributed by atoms with van der Waals surface area (Å²) in [5.41, 5.74) is -0.196. The lowest BCUT2D eigenvalue weighted by atomic mass is 10.1. The van der Waals surface area contributed by atoms with Gasteiger partial charge in [0.1, 0.15) is 5.75 Å². The molecule has 0 aliphatic rings. The minimum Gasteiger partial charge on any atom is -0.497 e. The lowest BCUT2D eigenvalue weighted by Crippen LogP contribution is -2.19. The molecule has 1 N–H and O–H groups in total. The van der Waals surface area contributed by atoms with Crippen LogP contribution in [-0.2, 0) is 0 Å². The molecule has 1 rings (SSSR count). The molecule has 0 fully saturated rings. The molecule has 0 saturated heterocycles. The van der Waals surface area contributed by atoms with Crippen LogP contribution >= 0.6 is 0 Å². The van der Waals surface area contributed by atoms with Crippen molar-refractivity contribution in [2.24, 2.45) is 0 Å². The second-order valence-electron chi connectivity index (χ2n) is 2.72. The van der Waals surface area contributed by atoms with E-state index in [0.29, 0.717) is 5.75 Å². The maximum atomic E-state index is 12.0. The summed E-state index contributed by atoms with van der Waals surface area (Å²) in [6, 6.07) is 5.09. The Hall–Kier alpha value is -1.23. The lowest BCUT2D eigenvalue weighted by Gasteiger charge is -2.14. The van der Waals surface area contributed by atoms with Crippen LogP contribution in [0, 0.1) is 0 Å². The van der Waals surface area contributed by atoms with E-state index in [1.54, 1.807) is 0 Å². The summed E-state index contributed by atoms with van der Waals surface area (Å²) in [5.74, 6) is 0.447. The highest BCUT2D eigenvalue weighted by Gasteiger charge is 2.39. The topological polar surface area (TPSA) is 29.5 Å². The van der Waals surface area contributed by atoms with E-state index in [1.165, 1.54) is 31.4 Å². The second kappa shape index (κ2) is 3.88. The van der Waals surface area contributed by atoms with E-state index in [1.807, 2.05) is 0 Å². The number of hydrogen-bond donors (Lipinski definition) is 1. The Labute approximate surface area is 78.9 Å². The van der Waals surface area contributed by atoms with Crippen molar-refractivity contribution in [3.63, 3.8) is 0 Å². The van der Waals surface area contributed by atoms with Crippen molar-refractivity contribution in [2.45, 2.75) is 12.3 Å². The van der Waals surface area contributed by atoms with Crippen LogP contribution in [0.25, 0.3) is 0 Å². The van der Waals surface area contributed by atoms with Crippen LogP contribution in [0.2, 0.25) is 0 Å². The molecule has 0 aliphatic carbocycles. The normalized spacial score (nSPS) is 13.8. The van der Waals surface area contributed by atoms with Crippen LogP contribution in [0.15, 0.2) is 24.3 Å². The molecule has 5 heteroatoms. The van der Waals surface area contributed by atoms with Gasteiger partial charge < -0.3 is 9.84 Å². The Balaban J connectivity index is 2.87. The van der Waals surface area contributed by atoms with Crippen molar-refractivity contribution in [3.8, 4) is 5.75 Å². The van der Waals surface area contributed by atoms with Gasteiger partial charge in [0.15, 0.2) is 6.10 Å². The Morgan fingerprint density at radius 1 is 1.21 bits per heavy atom. The number of halogens is 3. The molecule has 78 valence electrons. The molecule has 1 aromatic rings. The van der Waals surface area contributed by atoms with Gasteiger partial charge in [0.05, 0.1) is 7.11 Å². The van der Waals surface area contributed by atoms with Crippen LogP contribution in [0.3, 0.4) is 0 Å². The smallest absolute Gasteiger partial charge is 0.418 e. The van der Waals surface area contributed by atoms with E-state index in [-0.39, 0.29) is 5.56 Å². The maximum absolute atomic E-state index is 12.0. The van der Waals surface area contributed by atoms with Crippen molar-refractivity contribution in [2.75, 3.05) is 7.11 Å². The number of benzene rings is 1. The van der Waals surface area contributed by atoms with Crippen LogP contribution < -0.4 is 4.74 Å². The summed E-state index contributed by atoms with van der Waals surface area (Å²) in [4.78, 5) is 0. The van der Waals surface area contributed by atoms with Gasteiger partial charge in [-0.3, -0.25) is 0 Å². The average molecular weight is 206 g/mol. The first-order valence-electron chi connectivity index (χ1n) is 3.84. The van der Waals surface area contributed by atoms with Crippen molar-refractivity contribution >= 4 is 0 Å². The van der Waals surface area contributed by atoms with Gasteiger partial charge in [-0.15, -0.1) is 0 Å². The Kier molecular flexibility index (Phi) is 3.00. The maximum Gasteiger partial charge on any atom is 0.418 e. The van der Waals surface area contributed by atoms with E-state index in [2.05, 4.69) is 0 Å². The van der Waals surface area contributed by atoms with E-state index >= 15 is 0 Å². The minimum absolute atomic E-state index is 0.196. The molecule has 14 heavy (non-hydrogen) atoms. The van der Waals surface area contributed by atoms with E-state index < -0.39 is 12.3 Å². The summed E-state index contributed by atoms with van der Waals surface area (Å²) >= 11 is 0. The third-order valence-electron chi connectivity index (χ3n) is 1.74. The first kappa shape index (κ1) is 10.8. The van der Waals surface area contributed by atoms with E-state index in [0.717, 1.165) is 0 Å². The van der Waals surface area contributed by atoms with Crippen LogP contribution in [0.4, 0.5) is 13.2 Å². The largest absolute Gasteiger partial charge is 0.497 e.